The van der Waals surface area contributed by atoms with Gasteiger partial charge in [0.25, 0.3) is 0 Å². The van der Waals surface area contributed by atoms with Gasteiger partial charge in [-0.3, -0.25) is 9.59 Å². The lowest BCUT2D eigenvalue weighted by Crippen LogP contribution is -2.09. The Morgan fingerprint density at radius 3 is 2.57 bits per heavy atom. The fraction of sp³-hybridized carbons (Fsp3) is 0.375. The van der Waals surface area contributed by atoms with Crippen LogP contribution in [-0.2, 0) is 14.3 Å². The molecule has 0 spiro atoms. The van der Waals surface area contributed by atoms with E-state index in [1.807, 2.05) is 0 Å². The van der Waals surface area contributed by atoms with E-state index in [0.717, 1.165) is 5.56 Å². The molecule has 1 aromatic carbocycles. The van der Waals surface area contributed by atoms with E-state index in [4.69, 9.17) is 14.2 Å². The number of carbonyl (C=O) groups excluding carboxylic acids is 2. The number of ketones is 2. The Kier molecular flexibility index (Phi) is 7.36. The van der Waals surface area contributed by atoms with Crippen LogP contribution in [0.2, 0.25) is 0 Å². The van der Waals surface area contributed by atoms with Crippen molar-refractivity contribution < 1.29 is 23.8 Å². The Morgan fingerprint density at radius 1 is 1.19 bits per heavy atom. The van der Waals surface area contributed by atoms with Gasteiger partial charge < -0.3 is 14.2 Å². The summed E-state index contributed by atoms with van der Waals surface area (Å²) < 4.78 is 15.5. The third-order valence-electron chi connectivity index (χ3n) is 2.62. The lowest BCUT2D eigenvalue weighted by atomic mass is 10.1. The van der Waals surface area contributed by atoms with Gasteiger partial charge in [0.1, 0.15) is 5.75 Å². The first-order valence-corrected chi connectivity index (χ1v) is 6.57. The highest BCUT2D eigenvalue weighted by atomic mass is 16.7. The van der Waals surface area contributed by atoms with Crippen LogP contribution >= 0.6 is 0 Å². The SMILES string of the molecule is COCCOCOc1ccc(/C=C/C(C)=O)cc1C(C)=O. The third kappa shape index (κ3) is 6.33. The van der Waals surface area contributed by atoms with Gasteiger partial charge >= 0.3 is 0 Å². The van der Waals surface area contributed by atoms with E-state index in [2.05, 4.69) is 0 Å². The molecule has 0 aliphatic rings. The van der Waals surface area contributed by atoms with Crippen LogP contribution in [0, 0.1) is 0 Å². The molecule has 0 aliphatic carbocycles. The maximum Gasteiger partial charge on any atom is 0.189 e. The largest absolute Gasteiger partial charge is 0.467 e. The molecule has 1 rings (SSSR count). The topological polar surface area (TPSA) is 61.8 Å². The second kappa shape index (κ2) is 9.05. The van der Waals surface area contributed by atoms with Crippen LogP contribution in [0.15, 0.2) is 24.3 Å². The van der Waals surface area contributed by atoms with Crippen LogP contribution in [0.1, 0.15) is 29.8 Å². The minimum Gasteiger partial charge on any atom is -0.467 e. The van der Waals surface area contributed by atoms with Gasteiger partial charge in [-0.1, -0.05) is 12.1 Å². The highest BCUT2D eigenvalue weighted by Crippen LogP contribution is 2.21. The van der Waals surface area contributed by atoms with Crippen molar-refractivity contribution >= 4 is 17.6 Å². The summed E-state index contributed by atoms with van der Waals surface area (Å²) in [5, 5.41) is 0. The van der Waals surface area contributed by atoms with Crippen molar-refractivity contribution in [1.82, 2.24) is 0 Å². The second-order valence-corrected chi connectivity index (χ2v) is 4.42. The fourth-order valence-corrected chi connectivity index (χ4v) is 1.57. The van der Waals surface area contributed by atoms with E-state index >= 15 is 0 Å². The average Bonchev–Trinajstić information content (AvgIpc) is 2.45. The maximum atomic E-state index is 11.7. The van der Waals surface area contributed by atoms with Crippen LogP contribution in [0.4, 0.5) is 0 Å². The van der Waals surface area contributed by atoms with Crippen LogP contribution in [0.5, 0.6) is 5.75 Å². The number of ether oxygens (including phenoxy) is 3. The zero-order chi connectivity index (χ0) is 15.7. The zero-order valence-electron chi connectivity index (χ0n) is 12.5. The molecule has 0 saturated heterocycles. The minimum atomic E-state index is -0.111. The van der Waals surface area contributed by atoms with Crippen LogP contribution in [0.25, 0.3) is 6.08 Å². The molecule has 5 heteroatoms. The van der Waals surface area contributed by atoms with E-state index < -0.39 is 0 Å². The molecule has 0 N–H and O–H groups in total. The molecule has 0 atom stereocenters. The number of methoxy groups -OCH3 is 1. The van der Waals surface area contributed by atoms with Crippen molar-refractivity contribution in [3.63, 3.8) is 0 Å². The number of benzene rings is 1. The third-order valence-corrected chi connectivity index (χ3v) is 2.62. The summed E-state index contributed by atoms with van der Waals surface area (Å²) in [5.41, 5.74) is 1.22. The first-order chi connectivity index (χ1) is 10.0. The standard InChI is InChI=1S/C16H20O5/c1-12(17)4-5-14-6-7-16(15(10-14)13(2)18)21-11-20-9-8-19-3/h4-7,10H,8-9,11H2,1-3H3/b5-4+. The molecule has 0 amide bonds. The molecule has 0 radical (unpaired) electrons. The van der Waals surface area contributed by atoms with Crippen molar-refractivity contribution in [2.45, 2.75) is 13.8 Å². The molecule has 0 saturated carbocycles. The Hall–Kier alpha value is -1.98. The lowest BCUT2D eigenvalue weighted by Gasteiger charge is -2.11. The van der Waals surface area contributed by atoms with E-state index in [9.17, 15) is 9.59 Å². The summed E-state index contributed by atoms with van der Waals surface area (Å²) in [6.45, 7) is 3.89. The second-order valence-electron chi connectivity index (χ2n) is 4.42. The smallest absolute Gasteiger partial charge is 0.189 e. The molecule has 21 heavy (non-hydrogen) atoms. The highest BCUT2D eigenvalue weighted by Gasteiger charge is 2.09. The highest BCUT2D eigenvalue weighted by molar-refractivity contribution is 5.98. The Morgan fingerprint density at radius 2 is 1.95 bits per heavy atom. The predicted molar refractivity (Wildman–Crippen MR) is 79.5 cm³/mol. The normalized spacial score (nSPS) is 10.8. The summed E-state index contributed by atoms with van der Waals surface area (Å²) in [7, 11) is 1.59. The monoisotopic (exact) mass is 292 g/mol. The molecule has 0 fully saturated rings. The van der Waals surface area contributed by atoms with Crippen molar-refractivity contribution in [3.8, 4) is 5.75 Å². The van der Waals surface area contributed by atoms with Gasteiger partial charge in [0.05, 0.1) is 18.8 Å². The average molecular weight is 292 g/mol. The van der Waals surface area contributed by atoms with Gasteiger partial charge in [-0.05, 0) is 37.6 Å². The van der Waals surface area contributed by atoms with Gasteiger partial charge in [0, 0.05) is 7.11 Å². The Labute approximate surface area is 124 Å². The van der Waals surface area contributed by atoms with E-state index in [1.54, 1.807) is 31.4 Å². The van der Waals surface area contributed by atoms with E-state index in [-0.39, 0.29) is 18.4 Å². The van der Waals surface area contributed by atoms with Gasteiger partial charge in [-0.2, -0.15) is 0 Å². The molecule has 0 bridgehead atoms. The summed E-state index contributed by atoms with van der Waals surface area (Å²) in [6.07, 6.45) is 3.11. The van der Waals surface area contributed by atoms with Crippen LogP contribution < -0.4 is 4.74 Å². The first-order valence-electron chi connectivity index (χ1n) is 6.57. The lowest BCUT2D eigenvalue weighted by molar-refractivity contribution is -0.112. The van der Waals surface area contributed by atoms with Gasteiger partial charge in [-0.15, -0.1) is 0 Å². The number of hydrogen-bond acceptors (Lipinski definition) is 5. The molecule has 1 aromatic rings. The molecule has 114 valence electrons. The van der Waals surface area contributed by atoms with Crippen LogP contribution in [0.3, 0.4) is 0 Å². The van der Waals surface area contributed by atoms with Crippen molar-refractivity contribution in [2.75, 3.05) is 27.1 Å². The predicted octanol–water partition coefficient (Wildman–Crippen LogP) is 2.49. The molecule has 5 nitrogen and oxygen atoms in total. The van der Waals surface area contributed by atoms with E-state index in [1.165, 1.54) is 19.9 Å². The number of Topliss-reactive ketones (excluding diaryl/α,β-unsaturated/α-hetero) is 1. The fourth-order valence-electron chi connectivity index (χ4n) is 1.57. The van der Waals surface area contributed by atoms with Crippen molar-refractivity contribution in [2.24, 2.45) is 0 Å². The summed E-state index contributed by atoms with van der Waals surface area (Å²) in [5.74, 6) is 0.297. The molecule has 0 heterocycles. The van der Waals surface area contributed by atoms with Gasteiger partial charge in [-0.25, -0.2) is 0 Å². The Balaban J connectivity index is 2.75. The van der Waals surface area contributed by atoms with E-state index in [0.29, 0.717) is 24.5 Å². The minimum absolute atomic E-state index is 0.0479. The van der Waals surface area contributed by atoms with Crippen molar-refractivity contribution in [1.29, 1.82) is 0 Å². The van der Waals surface area contributed by atoms with Crippen molar-refractivity contribution in [3.05, 3.63) is 35.4 Å². The van der Waals surface area contributed by atoms with Gasteiger partial charge in [0.2, 0.25) is 0 Å². The molecule has 0 unspecified atom stereocenters. The Bertz CT molecular complexity index is 519. The molecule has 0 aliphatic heterocycles. The molecular formula is C16H20O5. The van der Waals surface area contributed by atoms with Crippen LogP contribution in [-0.4, -0.2) is 38.7 Å². The summed E-state index contributed by atoms with van der Waals surface area (Å²) in [4.78, 5) is 22.6. The maximum absolute atomic E-state index is 11.7. The summed E-state index contributed by atoms with van der Waals surface area (Å²) >= 11 is 0. The molecule has 0 aromatic heterocycles. The number of hydrogen-bond donors (Lipinski definition) is 0. The van der Waals surface area contributed by atoms with Gasteiger partial charge in [0.15, 0.2) is 18.4 Å². The summed E-state index contributed by atoms with van der Waals surface area (Å²) in [6, 6.07) is 5.15. The number of carbonyl (C=O) groups is 2. The zero-order valence-corrected chi connectivity index (χ0v) is 12.5. The number of allylic oxidation sites excluding steroid dienone is 1. The quantitative estimate of drug-likeness (QED) is 0.303. The number of rotatable bonds is 9. The molecular weight excluding hydrogens is 272 g/mol. The first kappa shape index (κ1) is 17.1.